The number of nitrogens with one attached hydrogen (secondary N) is 1. The molecule has 1 spiro atoms. The molecule has 2 fully saturated rings. The Balaban J connectivity index is 0.00000225. The zero-order valence-electron chi connectivity index (χ0n) is 14.2. The number of nitrogens with zero attached hydrogens (tertiary/aromatic N) is 2. The number of halogens is 1. The third-order valence-corrected chi connectivity index (χ3v) is 5.02. The van der Waals surface area contributed by atoms with Crippen LogP contribution in [0, 0.1) is 0 Å². The highest BCUT2D eigenvalue weighted by Crippen LogP contribution is 2.39. The maximum absolute atomic E-state index is 12.8. The van der Waals surface area contributed by atoms with Gasteiger partial charge in [-0.2, -0.15) is 0 Å². The van der Waals surface area contributed by atoms with Crippen molar-refractivity contribution >= 4 is 41.6 Å². The lowest BCUT2D eigenvalue weighted by Crippen LogP contribution is -2.49. The fraction of sp³-hybridized carbons (Fsp3) is 0.471. The van der Waals surface area contributed by atoms with E-state index in [0.29, 0.717) is 24.2 Å². The van der Waals surface area contributed by atoms with Gasteiger partial charge < -0.3 is 16.0 Å². The highest BCUT2D eigenvalue weighted by Gasteiger charge is 2.55. The quantitative estimate of drug-likeness (QED) is 0.633. The van der Waals surface area contributed by atoms with Crippen LogP contribution < -0.4 is 11.1 Å². The lowest BCUT2D eigenvalue weighted by molar-refractivity contribution is -0.136. The summed E-state index contributed by atoms with van der Waals surface area (Å²) in [6.07, 6.45) is 4.24. The minimum absolute atomic E-state index is 0. The Kier molecular flexibility index (Phi) is 5.57. The van der Waals surface area contributed by atoms with Gasteiger partial charge in [-0.05, 0) is 25.0 Å². The fourth-order valence-electron chi connectivity index (χ4n) is 3.62. The number of carbonyl (C=O) groups excluding carboxylic acids is 3. The average Bonchev–Trinajstić information content (AvgIpc) is 2.74. The number of likely N-dealkylation sites (N-methyl/N-ethyl adjacent to an activating group) is 1. The SMILES string of the molecule is CN1C(=O)N(CC(=O)Nc2ccccc2N)C(=O)C12CCCCC2.Cl. The van der Waals surface area contributed by atoms with Gasteiger partial charge in [0.15, 0.2) is 0 Å². The van der Waals surface area contributed by atoms with Crippen LogP contribution >= 0.6 is 12.4 Å². The molecule has 7 nitrogen and oxygen atoms in total. The summed E-state index contributed by atoms with van der Waals surface area (Å²) in [5, 5.41) is 2.66. The van der Waals surface area contributed by atoms with Gasteiger partial charge in [0.1, 0.15) is 12.1 Å². The second-order valence-electron chi connectivity index (χ2n) is 6.46. The lowest BCUT2D eigenvalue weighted by atomic mass is 9.81. The van der Waals surface area contributed by atoms with E-state index in [2.05, 4.69) is 5.32 Å². The predicted molar refractivity (Wildman–Crippen MR) is 97.4 cm³/mol. The third-order valence-electron chi connectivity index (χ3n) is 5.02. The van der Waals surface area contributed by atoms with Gasteiger partial charge in [0.05, 0.1) is 11.4 Å². The molecule has 1 aromatic carbocycles. The number of urea groups is 1. The van der Waals surface area contributed by atoms with Crippen LogP contribution in [0.15, 0.2) is 24.3 Å². The van der Waals surface area contributed by atoms with E-state index in [1.54, 1.807) is 31.3 Å². The standard InChI is InChI=1S/C17H22N4O3.ClH/c1-20-16(24)21(15(23)17(20)9-5-2-6-10-17)11-14(22)19-13-8-4-3-7-12(13)18;/h3-4,7-8H,2,5-6,9-11,18H2,1H3,(H,19,22);1H. The Morgan fingerprint density at radius 2 is 1.84 bits per heavy atom. The molecule has 3 rings (SSSR count). The van der Waals surface area contributed by atoms with Gasteiger partial charge in [-0.25, -0.2) is 4.79 Å². The minimum Gasteiger partial charge on any atom is -0.397 e. The lowest BCUT2D eigenvalue weighted by Gasteiger charge is -2.35. The molecule has 4 amide bonds. The van der Waals surface area contributed by atoms with Crippen LogP contribution in [-0.4, -0.2) is 46.8 Å². The Hall–Kier alpha value is -2.28. The maximum atomic E-state index is 12.8. The number of anilines is 2. The van der Waals surface area contributed by atoms with Gasteiger partial charge in [0.25, 0.3) is 5.91 Å². The van der Waals surface area contributed by atoms with Crippen molar-refractivity contribution in [1.82, 2.24) is 9.80 Å². The molecule has 1 heterocycles. The van der Waals surface area contributed by atoms with E-state index < -0.39 is 17.5 Å². The van der Waals surface area contributed by atoms with Crippen LogP contribution in [0.1, 0.15) is 32.1 Å². The molecule has 1 aromatic rings. The van der Waals surface area contributed by atoms with Gasteiger partial charge in [-0.1, -0.05) is 31.4 Å². The molecule has 0 aromatic heterocycles. The first-order chi connectivity index (χ1) is 11.5. The monoisotopic (exact) mass is 366 g/mol. The van der Waals surface area contributed by atoms with E-state index in [4.69, 9.17) is 5.73 Å². The number of rotatable bonds is 3. The maximum Gasteiger partial charge on any atom is 0.327 e. The predicted octanol–water partition coefficient (Wildman–Crippen LogP) is 2.23. The molecular formula is C17H23ClN4O3. The summed E-state index contributed by atoms with van der Waals surface area (Å²) in [5.74, 6) is -0.693. The van der Waals surface area contributed by atoms with Crippen molar-refractivity contribution in [3.8, 4) is 0 Å². The number of carbonyl (C=O) groups is 3. The van der Waals surface area contributed by atoms with Gasteiger partial charge in [0.2, 0.25) is 5.91 Å². The van der Waals surface area contributed by atoms with Crippen LogP contribution in [0.4, 0.5) is 16.2 Å². The highest BCUT2D eigenvalue weighted by molar-refractivity contribution is 6.10. The van der Waals surface area contributed by atoms with Crippen molar-refractivity contribution in [2.75, 3.05) is 24.6 Å². The molecule has 0 unspecified atom stereocenters. The number of nitrogens with two attached hydrogens (primary N) is 1. The van der Waals surface area contributed by atoms with Crippen molar-refractivity contribution in [3.63, 3.8) is 0 Å². The number of amides is 4. The van der Waals surface area contributed by atoms with Crippen molar-refractivity contribution in [2.24, 2.45) is 0 Å². The van der Waals surface area contributed by atoms with Crippen LogP contribution in [0.5, 0.6) is 0 Å². The van der Waals surface area contributed by atoms with Crippen LogP contribution in [0.2, 0.25) is 0 Å². The summed E-state index contributed by atoms with van der Waals surface area (Å²) < 4.78 is 0. The highest BCUT2D eigenvalue weighted by atomic mass is 35.5. The molecule has 0 radical (unpaired) electrons. The van der Waals surface area contributed by atoms with Gasteiger partial charge in [-0.15, -0.1) is 12.4 Å². The van der Waals surface area contributed by atoms with E-state index in [9.17, 15) is 14.4 Å². The van der Waals surface area contributed by atoms with E-state index in [0.717, 1.165) is 24.2 Å². The van der Waals surface area contributed by atoms with Gasteiger partial charge >= 0.3 is 6.03 Å². The van der Waals surface area contributed by atoms with Crippen molar-refractivity contribution in [2.45, 2.75) is 37.6 Å². The normalized spacial score (nSPS) is 19.1. The van der Waals surface area contributed by atoms with E-state index in [1.807, 2.05) is 0 Å². The summed E-state index contributed by atoms with van der Waals surface area (Å²) in [5.41, 5.74) is 5.94. The minimum atomic E-state index is -0.763. The number of hydrogen-bond acceptors (Lipinski definition) is 4. The van der Waals surface area contributed by atoms with Crippen LogP contribution in [0.25, 0.3) is 0 Å². The molecule has 1 saturated carbocycles. The molecule has 1 saturated heterocycles. The van der Waals surface area contributed by atoms with Crippen LogP contribution in [0.3, 0.4) is 0 Å². The zero-order valence-corrected chi connectivity index (χ0v) is 15.0. The average molecular weight is 367 g/mol. The molecule has 1 aliphatic heterocycles. The Morgan fingerprint density at radius 3 is 2.48 bits per heavy atom. The molecule has 3 N–H and O–H groups in total. The summed E-state index contributed by atoms with van der Waals surface area (Å²) in [6, 6.07) is 6.46. The molecule has 8 heteroatoms. The number of benzene rings is 1. The fourth-order valence-corrected chi connectivity index (χ4v) is 3.62. The zero-order chi connectivity index (χ0) is 17.3. The molecule has 0 atom stereocenters. The van der Waals surface area contributed by atoms with Crippen LogP contribution in [-0.2, 0) is 9.59 Å². The summed E-state index contributed by atoms with van der Waals surface area (Å²) >= 11 is 0. The largest absolute Gasteiger partial charge is 0.397 e. The molecule has 2 aliphatic rings. The number of nitrogen functional groups attached to an aromatic ring is 1. The molecule has 0 bridgehead atoms. The molecule has 25 heavy (non-hydrogen) atoms. The Labute approximate surface area is 152 Å². The van der Waals surface area contributed by atoms with Gasteiger partial charge in [-0.3, -0.25) is 14.5 Å². The van der Waals surface area contributed by atoms with Gasteiger partial charge in [0, 0.05) is 7.05 Å². The summed E-state index contributed by atoms with van der Waals surface area (Å²) in [4.78, 5) is 40.1. The first kappa shape index (κ1) is 19.1. The van der Waals surface area contributed by atoms with Crippen molar-refractivity contribution in [1.29, 1.82) is 0 Å². The molecule has 136 valence electrons. The number of hydrogen-bond donors (Lipinski definition) is 2. The first-order valence-corrected chi connectivity index (χ1v) is 8.20. The summed E-state index contributed by atoms with van der Waals surface area (Å²) in [6.45, 7) is -0.294. The Morgan fingerprint density at radius 1 is 1.20 bits per heavy atom. The summed E-state index contributed by atoms with van der Waals surface area (Å²) in [7, 11) is 1.65. The van der Waals surface area contributed by atoms with Crippen molar-refractivity contribution in [3.05, 3.63) is 24.3 Å². The molecule has 1 aliphatic carbocycles. The topological polar surface area (TPSA) is 95.7 Å². The number of imide groups is 1. The second kappa shape index (κ2) is 7.31. The van der Waals surface area contributed by atoms with E-state index in [-0.39, 0.29) is 24.9 Å². The number of para-hydroxylation sites is 2. The molecular weight excluding hydrogens is 344 g/mol. The first-order valence-electron chi connectivity index (χ1n) is 8.20. The smallest absolute Gasteiger partial charge is 0.327 e. The van der Waals surface area contributed by atoms with E-state index in [1.165, 1.54) is 4.90 Å². The Bertz CT molecular complexity index is 688. The van der Waals surface area contributed by atoms with E-state index >= 15 is 0 Å². The van der Waals surface area contributed by atoms with Crippen molar-refractivity contribution < 1.29 is 14.4 Å². The third kappa shape index (κ3) is 3.28. The second-order valence-corrected chi connectivity index (χ2v) is 6.46.